The molecule has 0 aliphatic carbocycles. The third-order valence-electron chi connectivity index (χ3n) is 2.45. The van der Waals surface area contributed by atoms with Gasteiger partial charge in [0.05, 0.1) is 18.1 Å². The van der Waals surface area contributed by atoms with Crippen LogP contribution in [0.5, 0.6) is 5.75 Å². The van der Waals surface area contributed by atoms with Gasteiger partial charge in [-0.2, -0.15) is 0 Å². The molecule has 0 aliphatic heterocycles. The van der Waals surface area contributed by atoms with Crippen LogP contribution in [-0.2, 0) is 0 Å². The molecule has 0 fully saturated rings. The number of nitrogens with zero attached hydrogens (tertiary/aromatic N) is 3. The SMILES string of the molecule is Cc1ccc(O[Si](C)(C)C)c(N=Cc2cnccn2)c1. The molecule has 20 heavy (non-hydrogen) atoms. The van der Waals surface area contributed by atoms with Gasteiger partial charge in [0.1, 0.15) is 11.4 Å². The first-order valence-electron chi connectivity index (χ1n) is 6.54. The lowest BCUT2D eigenvalue weighted by Gasteiger charge is -2.20. The minimum Gasteiger partial charge on any atom is -0.543 e. The van der Waals surface area contributed by atoms with E-state index in [9.17, 15) is 0 Å². The zero-order valence-corrected chi connectivity index (χ0v) is 13.3. The summed E-state index contributed by atoms with van der Waals surface area (Å²) < 4.78 is 6.07. The summed E-state index contributed by atoms with van der Waals surface area (Å²) >= 11 is 0. The molecule has 4 nitrogen and oxygen atoms in total. The van der Waals surface area contributed by atoms with Crippen molar-refractivity contribution in [3.63, 3.8) is 0 Å². The molecule has 1 heterocycles. The first-order valence-corrected chi connectivity index (χ1v) is 9.95. The van der Waals surface area contributed by atoms with Crippen LogP contribution in [0.1, 0.15) is 11.3 Å². The molecule has 0 saturated heterocycles. The van der Waals surface area contributed by atoms with Crippen LogP contribution < -0.4 is 4.43 Å². The van der Waals surface area contributed by atoms with E-state index in [1.165, 1.54) is 0 Å². The molecule has 2 aromatic rings. The van der Waals surface area contributed by atoms with Crippen molar-refractivity contribution in [2.45, 2.75) is 26.6 Å². The van der Waals surface area contributed by atoms with Crippen molar-refractivity contribution in [2.24, 2.45) is 4.99 Å². The maximum atomic E-state index is 6.07. The fourth-order valence-corrected chi connectivity index (χ4v) is 2.49. The Balaban J connectivity index is 2.30. The largest absolute Gasteiger partial charge is 0.543 e. The number of aryl methyl sites for hydroxylation is 1. The van der Waals surface area contributed by atoms with Gasteiger partial charge in [0, 0.05) is 12.4 Å². The number of hydrogen-bond donors (Lipinski definition) is 0. The second kappa shape index (κ2) is 5.96. The number of aromatic nitrogens is 2. The van der Waals surface area contributed by atoms with Crippen molar-refractivity contribution in [2.75, 3.05) is 0 Å². The van der Waals surface area contributed by atoms with Gasteiger partial charge in [-0.25, -0.2) is 0 Å². The summed E-state index contributed by atoms with van der Waals surface area (Å²) in [5.41, 5.74) is 2.71. The smallest absolute Gasteiger partial charge is 0.242 e. The fraction of sp³-hybridized carbons (Fsp3) is 0.267. The molecule has 0 radical (unpaired) electrons. The molecule has 0 saturated carbocycles. The fourth-order valence-electron chi connectivity index (χ4n) is 1.66. The van der Waals surface area contributed by atoms with E-state index in [0.717, 1.165) is 22.7 Å². The lowest BCUT2D eigenvalue weighted by atomic mass is 10.2. The van der Waals surface area contributed by atoms with E-state index in [0.29, 0.717) is 0 Å². The molecule has 0 bridgehead atoms. The van der Waals surface area contributed by atoms with Gasteiger partial charge < -0.3 is 4.43 Å². The molecule has 104 valence electrons. The molecule has 0 unspecified atom stereocenters. The van der Waals surface area contributed by atoms with E-state index < -0.39 is 8.32 Å². The van der Waals surface area contributed by atoms with Crippen molar-refractivity contribution in [1.29, 1.82) is 0 Å². The molecule has 0 N–H and O–H groups in total. The van der Waals surface area contributed by atoms with E-state index in [2.05, 4.69) is 34.6 Å². The Morgan fingerprint density at radius 1 is 1.20 bits per heavy atom. The molecular weight excluding hydrogens is 266 g/mol. The van der Waals surface area contributed by atoms with Crippen LogP contribution >= 0.6 is 0 Å². The first kappa shape index (κ1) is 14.4. The minimum absolute atomic E-state index is 0.730. The van der Waals surface area contributed by atoms with Gasteiger partial charge in [-0.15, -0.1) is 0 Å². The van der Waals surface area contributed by atoms with Crippen LogP contribution in [-0.4, -0.2) is 24.5 Å². The number of hydrogen-bond acceptors (Lipinski definition) is 4. The van der Waals surface area contributed by atoms with Gasteiger partial charge in [0.15, 0.2) is 0 Å². The normalized spacial score (nSPS) is 11.8. The Kier molecular flexibility index (Phi) is 4.29. The van der Waals surface area contributed by atoms with Gasteiger partial charge in [-0.3, -0.25) is 15.0 Å². The minimum atomic E-state index is -1.66. The van der Waals surface area contributed by atoms with E-state index in [-0.39, 0.29) is 0 Å². The topological polar surface area (TPSA) is 47.4 Å². The van der Waals surface area contributed by atoms with Crippen LogP contribution in [0.4, 0.5) is 5.69 Å². The van der Waals surface area contributed by atoms with E-state index in [1.54, 1.807) is 24.8 Å². The van der Waals surface area contributed by atoms with Crippen molar-refractivity contribution in [1.82, 2.24) is 9.97 Å². The molecule has 1 aromatic carbocycles. The maximum absolute atomic E-state index is 6.07. The molecule has 5 heteroatoms. The summed E-state index contributed by atoms with van der Waals surface area (Å²) in [6, 6.07) is 6.04. The highest BCUT2D eigenvalue weighted by atomic mass is 28.4. The lowest BCUT2D eigenvalue weighted by Crippen LogP contribution is -2.29. The maximum Gasteiger partial charge on any atom is 0.242 e. The van der Waals surface area contributed by atoms with Gasteiger partial charge in [-0.05, 0) is 44.3 Å². The van der Waals surface area contributed by atoms with Crippen LogP contribution in [0, 0.1) is 6.92 Å². The highest BCUT2D eigenvalue weighted by Crippen LogP contribution is 2.30. The Bertz CT molecular complexity index is 606. The average Bonchev–Trinajstić information content (AvgIpc) is 2.39. The average molecular weight is 285 g/mol. The molecule has 2 rings (SSSR count). The zero-order chi connectivity index (χ0) is 14.6. The highest BCUT2D eigenvalue weighted by Gasteiger charge is 2.18. The summed E-state index contributed by atoms with van der Waals surface area (Å²) in [6.07, 6.45) is 6.68. The van der Waals surface area contributed by atoms with Crippen LogP contribution in [0.2, 0.25) is 19.6 Å². The molecule has 0 amide bonds. The lowest BCUT2D eigenvalue weighted by molar-refractivity contribution is 0.559. The highest BCUT2D eigenvalue weighted by molar-refractivity contribution is 6.70. The summed E-state index contributed by atoms with van der Waals surface area (Å²) in [4.78, 5) is 12.7. The Labute approximate surface area is 120 Å². The molecule has 0 spiro atoms. The Hall–Kier alpha value is -2.01. The summed E-state index contributed by atoms with van der Waals surface area (Å²) in [5, 5.41) is 0. The van der Waals surface area contributed by atoms with Gasteiger partial charge in [0.25, 0.3) is 0 Å². The monoisotopic (exact) mass is 285 g/mol. The quantitative estimate of drug-likeness (QED) is 0.635. The van der Waals surface area contributed by atoms with E-state index in [1.807, 2.05) is 25.1 Å². The number of aliphatic imine (C=N–C) groups is 1. The summed E-state index contributed by atoms with van der Waals surface area (Å²) in [6.45, 7) is 8.51. The van der Waals surface area contributed by atoms with Crippen molar-refractivity contribution in [3.05, 3.63) is 48.0 Å². The standard InChI is InChI=1S/C15H19N3OSi/c1-12-5-6-15(19-20(2,3)4)14(9-12)18-11-13-10-16-7-8-17-13/h5-11H,1-4H3. The van der Waals surface area contributed by atoms with Gasteiger partial charge in [-0.1, -0.05) is 6.07 Å². The predicted molar refractivity (Wildman–Crippen MR) is 84.4 cm³/mol. The van der Waals surface area contributed by atoms with Crippen LogP contribution in [0.25, 0.3) is 0 Å². The van der Waals surface area contributed by atoms with E-state index >= 15 is 0 Å². The number of benzene rings is 1. The molecule has 0 atom stereocenters. The number of rotatable bonds is 4. The predicted octanol–water partition coefficient (Wildman–Crippen LogP) is 3.75. The Morgan fingerprint density at radius 3 is 2.65 bits per heavy atom. The summed E-state index contributed by atoms with van der Waals surface area (Å²) in [7, 11) is -1.66. The third-order valence-corrected chi connectivity index (χ3v) is 3.28. The third kappa shape index (κ3) is 4.27. The second-order valence-corrected chi connectivity index (χ2v) is 10.0. The molecule has 1 aromatic heterocycles. The first-order chi connectivity index (χ1) is 9.44. The van der Waals surface area contributed by atoms with Gasteiger partial charge >= 0.3 is 0 Å². The molecule has 0 aliphatic rings. The Morgan fingerprint density at radius 2 is 2.00 bits per heavy atom. The van der Waals surface area contributed by atoms with Crippen LogP contribution in [0.15, 0.2) is 41.8 Å². The second-order valence-electron chi connectivity index (χ2n) is 5.57. The zero-order valence-electron chi connectivity index (χ0n) is 12.3. The molecular formula is C15H19N3OSi. The van der Waals surface area contributed by atoms with E-state index in [4.69, 9.17) is 4.43 Å². The van der Waals surface area contributed by atoms with Crippen molar-refractivity contribution in [3.8, 4) is 5.75 Å². The van der Waals surface area contributed by atoms with Crippen molar-refractivity contribution < 1.29 is 4.43 Å². The summed E-state index contributed by atoms with van der Waals surface area (Å²) in [5.74, 6) is 0.829. The van der Waals surface area contributed by atoms with Gasteiger partial charge in [0.2, 0.25) is 8.32 Å². The van der Waals surface area contributed by atoms with Crippen molar-refractivity contribution >= 4 is 20.2 Å². The van der Waals surface area contributed by atoms with Crippen LogP contribution in [0.3, 0.4) is 0 Å².